The van der Waals surface area contributed by atoms with Crippen molar-refractivity contribution >= 4 is 16.7 Å². The maximum atomic E-state index is 6.16. The molecule has 0 aliphatic carbocycles. The summed E-state index contributed by atoms with van der Waals surface area (Å²) >= 11 is 0. The van der Waals surface area contributed by atoms with Crippen LogP contribution in [0, 0.1) is 6.92 Å². The number of aryl methyl sites for hydroxylation is 1. The van der Waals surface area contributed by atoms with Gasteiger partial charge in [-0.05, 0) is 70.5 Å². The summed E-state index contributed by atoms with van der Waals surface area (Å²) in [4.78, 5) is 8.82. The van der Waals surface area contributed by atoms with Crippen molar-refractivity contribution in [1.29, 1.82) is 0 Å². The highest BCUT2D eigenvalue weighted by molar-refractivity contribution is 5.81. The fraction of sp³-hybridized carbons (Fsp3) is 0.450. The zero-order chi connectivity index (χ0) is 18.8. The molecule has 27 heavy (non-hydrogen) atoms. The van der Waals surface area contributed by atoms with Gasteiger partial charge >= 0.3 is 0 Å². The van der Waals surface area contributed by atoms with Crippen LogP contribution in [0.5, 0.6) is 5.88 Å². The summed E-state index contributed by atoms with van der Waals surface area (Å²) in [6.45, 7) is 8.31. The lowest BCUT2D eigenvalue weighted by Crippen LogP contribution is -2.34. The van der Waals surface area contributed by atoms with Crippen molar-refractivity contribution in [2.24, 2.45) is 0 Å². The fourth-order valence-corrected chi connectivity index (χ4v) is 3.48. The van der Waals surface area contributed by atoms with Gasteiger partial charge in [-0.3, -0.25) is 0 Å². The number of nitrogens with one attached hydrogen (secondary N) is 2. The number of hydrogen-bond donors (Lipinski definition) is 2. The van der Waals surface area contributed by atoms with E-state index in [9.17, 15) is 0 Å². The zero-order valence-corrected chi connectivity index (χ0v) is 16.1. The molecule has 0 unspecified atom stereocenters. The van der Waals surface area contributed by atoms with Crippen LogP contribution in [0.2, 0.25) is 0 Å². The highest BCUT2D eigenvalue weighted by atomic mass is 16.5. The molecule has 0 radical (unpaired) electrons. The van der Waals surface area contributed by atoms with Crippen molar-refractivity contribution in [2.45, 2.75) is 45.8 Å². The number of benzene rings is 1. The number of fused-ring (bicyclic) bond motifs is 1. The van der Waals surface area contributed by atoms with Gasteiger partial charge in [0.25, 0.3) is 0 Å². The minimum absolute atomic E-state index is 0.191. The van der Waals surface area contributed by atoms with Gasteiger partial charge in [-0.15, -0.1) is 0 Å². The number of aromatic nitrogens is 4. The third kappa shape index (κ3) is 3.73. The molecule has 2 N–H and O–H groups in total. The van der Waals surface area contributed by atoms with Crippen LogP contribution in [0.3, 0.4) is 0 Å². The van der Waals surface area contributed by atoms with Gasteiger partial charge in [0.2, 0.25) is 5.88 Å². The molecule has 142 valence electrons. The first kappa shape index (κ1) is 17.7. The summed E-state index contributed by atoms with van der Waals surface area (Å²) in [5, 5.41) is 12.2. The SMILES string of the molecule is Cc1cc(NC(C)C)ccc1-n1ncc2c(OC3CCNCC3)ncnc21. The van der Waals surface area contributed by atoms with Crippen LogP contribution in [0.1, 0.15) is 32.3 Å². The Morgan fingerprint density at radius 2 is 2.04 bits per heavy atom. The van der Waals surface area contributed by atoms with Crippen LogP contribution in [-0.2, 0) is 0 Å². The predicted molar refractivity (Wildman–Crippen MR) is 107 cm³/mol. The second-order valence-electron chi connectivity index (χ2n) is 7.34. The average molecular weight is 366 g/mol. The van der Waals surface area contributed by atoms with E-state index in [2.05, 4.69) is 64.7 Å². The number of anilines is 1. The van der Waals surface area contributed by atoms with Crippen molar-refractivity contribution < 1.29 is 4.74 Å². The van der Waals surface area contributed by atoms with Gasteiger partial charge in [-0.25, -0.2) is 14.6 Å². The molecule has 7 nitrogen and oxygen atoms in total. The van der Waals surface area contributed by atoms with Gasteiger partial charge in [0, 0.05) is 11.7 Å². The van der Waals surface area contributed by atoms with Gasteiger partial charge < -0.3 is 15.4 Å². The molecular formula is C20H26N6O. The number of ether oxygens (including phenoxy) is 1. The molecule has 4 rings (SSSR count). The number of piperidine rings is 1. The third-order valence-electron chi connectivity index (χ3n) is 4.77. The van der Waals surface area contributed by atoms with E-state index in [0.29, 0.717) is 11.9 Å². The van der Waals surface area contributed by atoms with E-state index in [0.717, 1.165) is 53.9 Å². The highest BCUT2D eigenvalue weighted by Gasteiger charge is 2.19. The highest BCUT2D eigenvalue weighted by Crippen LogP contribution is 2.27. The fourth-order valence-electron chi connectivity index (χ4n) is 3.48. The second kappa shape index (κ2) is 7.52. The Hall–Kier alpha value is -2.67. The average Bonchev–Trinajstić information content (AvgIpc) is 3.07. The van der Waals surface area contributed by atoms with E-state index in [-0.39, 0.29) is 6.10 Å². The minimum Gasteiger partial charge on any atom is -0.474 e. The van der Waals surface area contributed by atoms with Crippen LogP contribution in [-0.4, -0.2) is 45.0 Å². The normalized spacial score (nSPS) is 15.4. The molecule has 2 aromatic heterocycles. The molecule has 0 atom stereocenters. The molecule has 1 fully saturated rings. The van der Waals surface area contributed by atoms with Gasteiger partial charge in [-0.1, -0.05) is 0 Å². The first-order valence-corrected chi connectivity index (χ1v) is 9.55. The largest absolute Gasteiger partial charge is 0.474 e. The lowest BCUT2D eigenvalue weighted by molar-refractivity contribution is 0.158. The van der Waals surface area contributed by atoms with E-state index >= 15 is 0 Å². The second-order valence-corrected chi connectivity index (χ2v) is 7.34. The van der Waals surface area contributed by atoms with E-state index in [1.807, 2.05) is 4.68 Å². The maximum absolute atomic E-state index is 6.16. The number of hydrogen-bond acceptors (Lipinski definition) is 6. The third-order valence-corrected chi connectivity index (χ3v) is 4.77. The quantitative estimate of drug-likeness (QED) is 0.723. The van der Waals surface area contributed by atoms with E-state index < -0.39 is 0 Å². The van der Waals surface area contributed by atoms with Crippen LogP contribution < -0.4 is 15.4 Å². The molecule has 0 bridgehead atoms. The van der Waals surface area contributed by atoms with Crippen molar-refractivity contribution in [2.75, 3.05) is 18.4 Å². The predicted octanol–water partition coefficient (Wildman–Crippen LogP) is 3.08. The van der Waals surface area contributed by atoms with Crippen LogP contribution in [0.4, 0.5) is 5.69 Å². The molecule has 1 aliphatic heterocycles. The van der Waals surface area contributed by atoms with Crippen LogP contribution in [0.25, 0.3) is 16.7 Å². The molecule has 3 heterocycles. The summed E-state index contributed by atoms with van der Waals surface area (Å²) in [6, 6.07) is 6.67. The Morgan fingerprint density at radius 3 is 2.78 bits per heavy atom. The van der Waals surface area contributed by atoms with Gasteiger partial charge in [-0.2, -0.15) is 5.10 Å². The first-order valence-electron chi connectivity index (χ1n) is 9.55. The lowest BCUT2D eigenvalue weighted by atomic mass is 10.1. The molecule has 0 amide bonds. The van der Waals surface area contributed by atoms with Crippen molar-refractivity contribution in [3.63, 3.8) is 0 Å². The lowest BCUT2D eigenvalue weighted by Gasteiger charge is -2.23. The molecule has 1 saturated heterocycles. The van der Waals surface area contributed by atoms with Crippen LogP contribution >= 0.6 is 0 Å². The monoisotopic (exact) mass is 366 g/mol. The summed E-state index contributed by atoms with van der Waals surface area (Å²) < 4.78 is 8.02. The molecule has 1 aromatic carbocycles. The van der Waals surface area contributed by atoms with Crippen molar-refractivity contribution in [1.82, 2.24) is 25.1 Å². The maximum Gasteiger partial charge on any atom is 0.228 e. The summed E-state index contributed by atoms with van der Waals surface area (Å²) in [5.41, 5.74) is 4.00. The summed E-state index contributed by atoms with van der Waals surface area (Å²) in [5.74, 6) is 0.619. The van der Waals surface area contributed by atoms with E-state index in [4.69, 9.17) is 4.74 Å². The molecular weight excluding hydrogens is 340 g/mol. The number of nitrogens with zero attached hydrogens (tertiary/aromatic N) is 4. The van der Waals surface area contributed by atoms with Gasteiger partial charge in [0.1, 0.15) is 17.8 Å². The molecule has 0 saturated carbocycles. The standard InChI is InChI=1S/C20H26N6O/c1-13(2)25-15-4-5-18(14(3)10-15)26-19-17(11-24-26)20(23-12-22-19)27-16-6-8-21-9-7-16/h4-5,10-13,16,21,25H,6-9H2,1-3H3. The van der Waals surface area contributed by atoms with Crippen molar-refractivity contribution in [3.8, 4) is 11.6 Å². The Bertz CT molecular complexity index is 929. The van der Waals surface area contributed by atoms with Gasteiger partial charge in [0.05, 0.1) is 11.9 Å². The molecule has 7 heteroatoms. The molecule has 1 aliphatic rings. The van der Waals surface area contributed by atoms with Crippen molar-refractivity contribution in [3.05, 3.63) is 36.3 Å². The topological polar surface area (TPSA) is 76.9 Å². The minimum atomic E-state index is 0.191. The Morgan fingerprint density at radius 1 is 1.22 bits per heavy atom. The Labute approximate surface area is 159 Å². The summed E-state index contributed by atoms with van der Waals surface area (Å²) in [7, 11) is 0. The Balaban J connectivity index is 1.66. The molecule has 0 spiro atoms. The zero-order valence-electron chi connectivity index (χ0n) is 16.1. The first-order chi connectivity index (χ1) is 13.1. The molecule has 3 aromatic rings. The van der Waals surface area contributed by atoms with E-state index in [1.54, 1.807) is 12.5 Å². The van der Waals surface area contributed by atoms with E-state index in [1.165, 1.54) is 0 Å². The van der Waals surface area contributed by atoms with Crippen LogP contribution in [0.15, 0.2) is 30.7 Å². The van der Waals surface area contributed by atoms with Gasteiger partial charge in [0.15, 0.2) is 5.65 Å². The smallest absolute Gasteiger partial charge is 0.228 e. The summed E-state index contributed by atoms with van der Waals surface area (Å²) in [6.07, 6.45) is 5.52. The Kier molecular flexibility index (Phi) is 4.94. The number of rotatable bonds is 5.